The van der Waals surface area contributed by atoms with Gasteiger partial charge >= 0.3 is 5.97 Å². The second kappa shape index (κ2) is 6.22. The summed E-state index contributed by atoms with van der Waals surface area (Å²) in [6.45, 7) is 3.30. The normalized spacial score (nSPS) is 11.8. The molecule has 6 heteroatoms. The highest BCUT2D eigenvalue weighted by Crippen LogP contribution is 2.02. The Morgan fingerprint density at radius 1 is 1.54 bits per heavy atom. The van der Waals surface area contributed by atoms with E-state index in [0.717, 1.165) is 0 Å². The largest absolute Gasteiger partial charge is 0.463 e. The topological polar surface area (TPSA) is 78.7 Å². The lowest BCUT2D eigenvalue weighted by Gasteiger charge is -2.07. The van der Waals surface area contributed by atoms with E-state index in [1.54, 1.807) is 6.92 Å². The summed E-state index contributed by atoms with van der Waals surface area (Å²) in [6, 6.07) is 0. The van der Waals surface area contributed by atoms with Gasteiger partial charge in [-0.05, 0) is 6.42 Å². The lowest BCUT2D eigenvalue weighted by molar-refractivity contribution is -0.757. The monoisotopic (exact) mass is 191 g/mol. The van der Waals surface area contributed by atoms with Crippen molar-refractivity contribution in [3.8, 4) is 0 Å². The number of esters is 1. The highest BCUT2D eigenvalue weighted by Gasteiger charge is 2.11. The van der Waals surface area contributed by atoms with Crippen LogP contribution in [0, 0.1) is 16.0 Å². The van der Waals surface area contributed by atoms with E-state index in [1.807, 2.05) is 6.92 Å². The van der Waals surface area contributed by atoms with Gasteiger partial charge in [-0.15, -0.1) is 10.1 Å². The van der Waals surface area contributed by atoms with Gasteiger partial charge in [-0.2, -0.15) is 0 Å². The molecule has 0 aromatic carbocycles. The van der Waals surface area contributed by atoms with Crippen LogP contribution in [-0.2, 0) is 14.4 Å². The van der Waals surface area contributed by atoms with Gasteiger partial charge in [-0.3, -0.25) is 4.79 Å². The summed E-state index contributed by atoms with van der Waals surface area (Å²) in [7, 11) is 0. The van der Waals surface area contributed by atoms with Gasteiger partial charge in [0.15, 0.2) is 0 Å². The zero-order chi connectivity index (χ0) is 10.3. The standard InChI is InChI=1S/C7H13NO5/c1-3-6(2)7(9)12-4-5-13-8(10)11/h6H,3-5H2,1-2H3. The van der Waals surface area contributed by atoms with E-state index >= 15 is 0 Å². The van der Waals surface area contributed by atoms with Crippen LogP contribution in [0.3, 0.4) is 0 Å². The molecule has 0 aliphatic heterocycles. The van der Waals surface area contributed by atoms with Crippen molar-refractivity contribution in [2.24, 2.45) is 5.92 Å². The molecular weight excluding hydrogens is 178 g/mol. The summed E-state index contributed by atoms with van der Waals surface area (Å²) in [5.41, 5.74) is 0. The van der Waals surface area contributed by atoms with E-state index in [4.69, 9.17) is 0 Å². The van der Waals surface area contributed by atoms with Crippen LogP contribution in [-0.4, -0.2) is 24.3 Å². The molecule has 0 fully saturated rings. The van der Waals surface area contributed by atoms with E-state index in [0.29, 0.717) is 6.42 Å². The Morgan fingerprint density at radius 3 is 2.62 bits per heavy atom. The van der Waals surface area contributed by atoms with Gasteiger partial charge in [0.05, 0.1) is 5.92 Å². The van der Waals surface area contributed by atoms with Crippen molar-refractivity contribution in [2.45, 2.75) is 20.3 Å². The van der Waals surface area contributed by atoms with Gasteiger partial charge in [0.2, 0.25) is 0 Å². The molecule has 76 valence electrons. The predicted molar refractivity (Wildman–Crippen MR) is 43.4 cm³/mol. The van der Waals surface area contributed by atoms with Crippen LogP contribution >= 0.6 is 0 Å². The molecule has 0 bridgehead atoms. The van der Waals surface area contributed by atoms with Crippen molar-refractivity contribution < 1.29 is 19.5 Å². The Morgan fingerprint density at radius 2 is 2.15 bits per heavy atom. The summed E-state index contributed by atoms with van der Waals surface area (Å²) in [5, 5.41) is 8.76. The Hall–Kier alpha value is -1.33. The average Bonchev–Trinajstić information content (AvgIpc) is 2.10. The van der Waals surface area contributed by atoms with Gasteiger partial charge in [-0.1, -0.05) is 13.8 Å². The molecule has 0 radical (unpaired) electrons. The Kier molecular flexibility index (Phi) is 5.58. The van der Waals surface area contributed by atoms with Crippen molar-refractivity contribution in [3.63, 3.8) is 0 Å². The summed E-state index contributed by atoms with van der Waals surface area (Å²) >= 11 is 0. The molecule has 0 rings (SSSR count). The molecular formula is C7H13NO5. The molecule has 0 spiro atoms. The fourth-order valence-electron chi connectivity index (χ4n) is 0.563. The summed E-state index contributed by atoms with van der Waals surface area (Å²) < 4.78 is 4.68. The van der Waals surface area contributed by atoms with Crippen LogP contribution in [0.2, 0.25) is 0 Å². The number of carbonyl (C=O) groups is 1. The molecule has 0 aromatic heterocycles. The number of ether oxygens (including phenoxy) is 1. The van der Waals surface area contributed by atoms with Gasteiger partial charge in [0.25, 0.3) is 5.09 Å². The first-order valence-electron chi connectivity index (χ1n) is 4.01. The van der Waals surface area contributed by atoms with Gasteiger partial charge in [0, 0.05) is 0 Å². The third kappa shape index (κ3) is 5.89. The Labute approximate surface area is 75.9 Å². The zero-order valence-electron chi connectivity index (χ0n) is 7.69. The summed E-state index contributed by atoms with van der Waals surface area (Å²) in [5.74, 6) is -0.523. The molecule has 0 saturated carbocycles. The molecule has 1 atom stereocenters. The molecule has 0 aliphatic rings. The van der Waals surface area contributed by atoms with E-state index < -0.39 is 5.09 Å². The van der Waals surface area contributed by atoms with Crippen LogP contribution in [0.5, 0.6) is 0 Å². The molecule has 6 nitrogen and oxygen atoms in total. The maximum absolute atomic E-state index is 11.0. The lowest BCUT2D eigenvalue weighted by Crippen LogP contribution is -2.17. The van der Waals surface area contributed by atoms with Gasteiger partial charge in [-0.25, -0.2) is 0 Å². The van der Waals surface area contributed by atoms with E-state index in [9.17, 15) is 14.9 Å². The van der Waals surface area contributed by atoms with Gasteiger partial charge < -0.3 is 9.57 Å². The van der Waals surface area contributed by atoms with Crippen molar-refractivity contribution in [1.82, 2.24) is 0 Å². The Bertz CT molecular complexity index is 182. The average molecular weight is 191 g/mol. The van der Waals surface area contributed by atoms with Crippen LogP contribution in [0.1, 0.15) is 20.3 Å². The first kappa shape index (κ1) is 11.7. The number of hydrogen-bond donors (Lipinski definition) is 0. The highest BCUT2D eigenvalue weighted by atomic mass is 17.0. The summed E-state index contributed by atoms with van der Waals surface area (Å²) in [4.78, 5) is 24.6. The Balaban J connectivity index is 3.42. The van der Waals surface area contributed by atoms with Crippen LogP contribution in [0.4, 0.5) is 0 Å². The predicted octanol–water partition coefficient (Wildman–Crippen LogP) is 0.784. The molecule has 0 heterocycles. The second-order valence-electron chi connectivity index (χ2n) is 2.53. The molecule has 1 unspecified atom stereocenters. The number of rotatable bonds is 6. The number of nitrogens with zero attached hydrogens (tertiary/aromatic N) is 1. The van der Waals surface area contributed by atoms with E-state index in [2.05, 4.69) is 9.57 Å². The maximum Gasteiger partial charge on any atom is 0.308 e. The van der Waals surface area contributed by atoms with Crippen molar-refractivity contribution in [2.75, 3.05) is 13.2 Å². The fraction of sp³-hybridized carbons (Fsp3) is 0.857. The van der Waals surface area contributed by atoms with Crippen LogP contribution < -0.4 is 0 Å². The van der Waals surface area contributed by atoms with Crippen molar-refractivity contribution >= 4 is 5.97 Å². The minimum atomic E-state index is -0.920. The molecule has 13 heavy (non-hydrogen) atoms. The van der Waals surface area contributed by atoms with E-state index in [-0.39, 0.29) is 25.1 Å². The maximum atomic E-state index is 11.0. The number of hydrogen-bond acceptors (Lipinski definition) is 5. The minimum absolute atomic E-state index is 0.0792. The second-order valence-corrected chi connectivity index (χ2v) is 2.53. The molecule has 0 aliphatic carbocycles. The lowest BCUT2D eigenvalue weighted by atomic mass is 10.1. The third-order valence-corrected chi connectivity index (χ3v) is 1.54. The zero-order valence-corrected chi connectivity index (χ0v) is 7.69. The molecule has 0 amide bonds. The fourth-order valence-corrected chi connectivity index (χ4v) is 0.563. The first-order chi connectivity index (χ1) is 6.07. The minimum Gasteiger partial charge on any atom is -0.463 e. The quantitative estimate of drug-likeness (QED) is 0.268. The smallest absolute Gasteiger partial charge is 0.308 e. The van der Waals surface area contributed by atoms with E-state index in [1.165, 1.54) is 0 Å². The molecule has 0 saturated heterocycles. The van der Waals surface area contributed by atoms with Crippen LogP contribution in [0.15, 0.2) is 0 Å². The molecule has 0 aromatic rings. The first-order valence-corrected chi connectivity index (χ1v) is 4.01. The third-order valence-electron chi connectivity index (χ3n) is 1.54. The van der Waals surface area contributed by atoms with Crippen molar-refractivity contribution in [3.05, 3.63) is 10.1 Å². The van der Waals surface area contributed by atoms with Gasteiger partial charge in [0.1, 0.15) is 13.2 Å². The van der Waals surface area contributed by atoms with Crippen molar-refractivity contribution in [1.29, 1.82) is 0 Å². The highest BCUT2D eigenvalue weighted by molar-refractivity contribution is 5.71. The summed E-state index contributed by atoms with van der Waals surface area (Å²) in [6.07, 6.45) is 0.689. The SMILES string of the molecule is CCC(C)C(=O)OCCO[N+](=O)[O-]. The molecule has 0 N–H and O–H groups in total. The number of carbonyl (C=O) groups excluding carboxylic acids is 1. The van der Waals surface area contributed by atoms with Crippen LogP contribution in [0.25, 0.3) is 0 Å².